The molecule has 1 fully saturated rings. The molecule has 0 amide bonds. The Balaban J connectivity index is 1.56. The van der Waals surface area contributed by atoms with Crippen LogP contribution >= 0.6 is 0 Å². The molecule has 1 saturated carbocycles. The van der Waals surface area contributed by atoms with Crippen LogP contribution in [0.2, 0.25) is 0 Å². The second kappa shape index (κ2) is 10.8. The van der Waals surface area contributed by atoms with Gasteiger partial charge in [0.05, 0.1) is 11.4 Å². The Labute approximate surface area is 194 Å². The molecule has 0 saturated heterocycles. The fourth-order valence-corrected chi connectivity index (χ4v) is 5.33. The van der Waals surface area contributed by atoms with E-state index in [1.807, 2.05) is 0 Å². The molecular weight excluding hydrogens is 388 g/mol. The fourth-order valence-electron chi connectivity index (χ4n) is 5.33. The molecule has 0 atom stereocenters. The molecule has 1 heterocycles. The number of aromatic nitrogens is 2. The highest BCUT2D eigenvalue weighted by Gasteiger charge is 2.25. The van der Waals surface area contributed by atoms with E-state index in [1.165, 1.54) is 78.6 Å². The third-order valence-corrected chi connectivity index (χ3v) is 7.08. The lowest BCUT2D eigenvalue weighted by Gasteiger charge is -2.29. The predicted octanol–water partition coefficient (Wildman–Crippen LogP) is 8.33. The van der Waals surface area contributed by atoms with Gasteiger partial charge in [0.15, 0.2) is 0 Å². The highest BCUT2D eigenvalue weighted by Crippen LogP contribution is 2.38. The molecule has 0 radical (unpaired) electrons. The van der Waals surface area contributed by atoms with Crippen molar-refractivity contribution >= 4 is 0 Å². The summed E-state index contributed by atoms with van der Waals surface area (Å²) in [6.07, 6.45) is 10.2. The molecule has 0 spiro atoms. The van der Waals surface area contributed by atoms with Crippen LogP contribution in [0.15, 0.2) is 72.8 Å². The number of benzene rings is 2. The van der Waals surface area contributed by atoms with Gasteiger partial charge in [-0.25, -0.2) is 0 Å². The Hall–Kier alpha value is -2.61. The van der Waals surface area contributed by atoms with E-state index >= 15 is 0 Å². The summed E-state index contributed by atoms with van der Waals surface area (Å²) in [5.74, 6) is 1.63. The normalized spacial score (nSPS) is 18.6. The zero-order valence-corrected chi connectivity index (χ0v) is 19.9. The molecule has 3 aromatic rings. The van der Waals surface area contributed by atoms with Crippen LogP contribution in [-0.4, -0.2) is 9.78 Å². The van der Waals surface area contributed by atoms with Crippen molar-refractivity contribution in [1.29, 1.82) is 0 Å². The smallest absolute Gasteiger partial charge is 0.0763 e. The summed E-state index contributed by atoms with van der Waals surface area (Å²) >= 11 is 0. The van der Waals surface area contributed by atoms with Gasteiger partial charge in [-0.15, -0.1) is 6.58 Å². The predicted molar refractivity (Wildman–Crippen MR) is 137 cm³/mol. The molecule has 2 aromatic carbocycles. The van der Waals surface area contributed by atoms with Crippen molar-refractivity contribution in [2.24, 2.45) is 11.8 Å². The maximum atomic E-state index is 5.17. The van der Waals surface area contributed by atoms with E-state index in [9.17, 15) is 0 Å². The Morgan fingerprint density at radius 3 is 2.09 bits per heavy atom. The molecule has 168 valence electrons. The molecule has 2 nitrogen and oxygen atoms in total. The Morgan fingerprint density at radius 2 is 1.50 bits per heavy atom. The first-order valence-electron chi connectivity index (χ1n) is 12.5. The van der Waals surface area contributed by atoms with E-state index in [0.717, 1.165) is 24.8 Å². The molecule has 4 rings (SSSR count). The summed E-state index contributed by atoms with van der Waals surface area (Å²) in [4.78, 5) is 0. The summed E-state index contributed by atoms with van der Waals surface area (Å²) in [5.41, 5.74) is 7.68. The molecular formula is C30H38N2. The zero-order chi connectivity index (χ0) is 22.3. The van der Waals surface area contributed by atoms with E-state index in [1.54, 1.807) is 0 Å². The van der Waals surface area contributed by atoms with E-state index in [2.05, 4.69) is 85.8 Å². The summed E-state index contributed by atoms with van der Waals surface area (Å²) in [6.45, 7) is 9.47. The summed E-state index contributed by atoms with van der Waals surface area (Å²) in [5, 5.41) is 5.17. The van der Waals surface area contributed by atoms with Gasteiger partial charge in [-0.3, -0.25) is 4.68 Å². The molecule has 0 unspecified atom stereocenters. The Morgan fingerprint density at radius 1 is 0.906 bits per heavy atom. The van der Waals surface area contributed by atoms with Crippen molar-refractivity contribution in [2.45, 2.75) is 71.8 Å². The van der Waals surface area contributed by atoms with Crippen LogP contribution in [0.3, 0.4) is 0 Å². The van der Waals surface area contributed by atoms with E-state index in [0.29, 0.717) is 0 Å². The minimum atomic E-state index is 0.725. The Bertz CT molecular complexity index is 992. The van der Waals surface area contributed by atoms with Crippen molar-refractivity contribution in [3.05, 3.63) is 78.5 Å². The summed E-state index contributed by atoms with van der Waals surface area (Å²) < 4.78 is 2.34. The first-order valence-corrected chi connectivity index (χ1v) is 12.5. The minimum Gasteiger partial charge on any atom is -0.264 e. The van der Waals surface area contributed by atoms with Gasteiger partial charge in [-0.05, 0) is 56.4 Å². The van der Waals surface area contributed by atoms with Crippen LogP contribution < -0.4 is 0 Å². The number of nitrogens with zero attached hydrogens (tertiary/aromatic N) is 2. The van der Waals surface area contributed by atoms with Crippen molar-refractivity contribution < 1.29 is 0 Å². The van der Waals surface area contributed by atoms with Gasteiger partial charge in [-0.1, -0.05) is 92.4 Å². The number of hydrogen-bond acceptors (Lipinski definition) is 1. The lowest BCUT2D eigenvalue weighted by atomic mass is 9.79. The summed E-state index contributed by atoms with van der Waals surface area (Å²) in [6, 6.07) is 21.7. The monoisotopic (exact) mass is 426 g/mol. The molecule has 0 aliphatic heterocycles. The Kier molecular flexibility index (Phi) is 7.63. The maximum Gasteiger partial charge on any atom is 0.0763 e. The van der Waals surface area contributed by atoms with Gasteiger partial charge >= 0.3 is 0 Å². The molecule has 1 aliphatic carbocycles. The van der Waals surface area contributed by atoms with Crippen molar-refractivity contribution in [2.75, 3.05) is 0 Å². The van der Waals surface area contributed by atoms with Crippen molar-refractivity contribution in [3.63, 3.8) is 0 Å². The van der Waals surface area contributed by atoms with Gasteiger partial charge in [0.1, 0.15) is 0 Å². The quantitative estimate of drug-likeness (QED) is 0.314. The van der Waals surface area contributed by atoms with Crippen LogP contribution in [0.4, 0.5) is 0 Å². The molecule has 1 aromatic heterocycles. The average Bonchev–Trinajstić information content (AvgIpc) is 3.19. The van der Waals surface area contributed by atoms with Gasteiger partial charge in [-0.2, -0.15) is 5.10 Å². The van der Waals surface area contributed by atoms with Gasteiger partial charge in [0.25, 0.3) is 0 Å². The number of rotatable bonds is 9. The van der Waals surface area contributed by atoms with Crippen LogP contribution in [0, 0.1) is 11.8 Å². The topological polar surface area (TPSA) is 17.8 Å². The summed E-state index contributed by atoms with van der Waals surface area (Å²) in [7, 11) is 0. The highest BCUT2D eigenvalue weighted by atomic mass is 15.3. The second-order valence-electron chi connectivity index (χ2n) is 9.67. The van der Waals surface area contributed by atoms with E-state index < -0.39 is 0 Å². The van der Waals surface area contributed by atoms with Gasteiger partial charge in [0, 0.05) is 17.7 Å². The fraction of sp³-hybridized carbons (Fsp3) is 0.433. The van der Waals surface area contributed by atoms with Crippen LogP contribution in [0.25, 0.3) is 22.4 Å². The number of aryl methyl sites for hydroxylation is 1. The molecule has 0 bridgehead atoms. The van der Waals surface area contributed by atoms with Gasteiger partial charge in [0.2, 0.25) is 0 Å². The largest absolute Gasteiger partial charge is 0.264 e. The standard InChI is InChI=1S/C30H38N2/c1-4-28-29(26-14-7-5-8-15-26)30(27-16-9-6-10-17-27)32(31-28)22-25-20-18-24(19-21-25)13-11-12-23(2)3/h5-10,14-17,24-25H,2,4,11-13,18-22H2,1,3H3. The maximum absolute atomic E-state index is 5.17. The lowest BCUT2D eigenvalue weighted by Crippen LogP contribution is -2.20. The number of allylic oxidation sites excluding steroid dienone is 1. The van der Waals surface area contributed by atoms with Crippen LogP contribution in [0.5, 0.6) is 0 Å². The SMILES string of the molecule is C=C(C)CCCC1CCC(Cn2nc(CC)c(-c3ccccc3)c2-c2ccccc2)CC1. The average molecular weight is 427 g/mol. The van der Waals surface area contributed by atoms with Crippen molar-refractivity contribution in [1.82, 2.24) is 9.78 Å². The second-order valence-corrected chi connectivity index (χ2v) is 9.67. The van der Waals surface area contributed by atoms with E-state index in [-0.39, 0.29) is 0 Å². The highest BCUT2D eigenvalue weighted by molar-refractivity contribution is 5.83. The molecule has 2 heteroatoms. The molecule has 0 N–H and O–H groups in total. The minimum absolute atomic E-state index is 0.725. The lowest BCUT2D eigenvalue weighted by molar-refractivity contribution is 0.235. The van der Waals surface area contributed by atoms with Gasteiger partial charge < -0.3 is 0 Å². The van der Waals surface area contributed by atoms with Crippen molar-refractivity contribution in [3.8, 4) is 22.4 Å². The van der Waals surface area contributed by atoms with E-state index in [4.69, 9.17) is 5.10 Å². The molecule has 1 aliphatic rings. The molecule has 32 heavy (non-hydrogen) atoms. The zero-order valence-electron chi connectivity index (χ0n) is 19.9. The number of hydrogen-bond donors (Lipinski definition) is 0. The van der Waals surface area contributed by atoms with Crippen LogP contribution in [-0.2, 0) is 13.0 Å². The third-order valence-electron chi connectivity index (χ3n) is 7.08. The van der Waals surface area contributed by atoms with Crippen LogP contribution in [0.1, 0.15) is 64.5 Å². The third kappa shape index (κ3) is 5.41. The first kappa shape index (κ1) is 22.6. The first-order chi connectivity index (χ1) is 15.7.